The largest absolute Gasteiger partial charge is 0.479 e. The molecule has 0 fully saturated rings. The van der Waals surface area contributed by atoms with E-state index in [9.17, 15) is 9.59 Å². The smallest absolute Gasteiger partial charge is 0.347 e. The third kappa shape index (κ3) is 6.05. The highest BCUT2D eigenvalue weighted by atomic mass is 35.5. The van der Waals surface area contributed by atoms with E-state index in [0.29, 0.717) is 33.4 Å². The van der Waals surface area contributed by atoms with Crippen molar-refractivity contribution in [1.82, 2.24) is 9.97 Å². The quantitative estimate of drug-likeness (QED) is 0.473. The Kier molecular flexibility index (Phi) is 7.25. The van der Waals surface area contributed by atoms with Crippen molar-refractivity contribution in [1.29, 1.82) is 0 Å². The molecular formula is C22H21ClN2O6. The van der Waals surface area contributed by atoms with E-state index < -0.39 is 24.1 Å². The lowest BCUT2D eigenvalue weighted by atomic mass is 10.3. The van der Waals surface area contributed by atoms with Crippen LogP contribution in [0.4, 0.5) is 0 Å². The van der Waals surface area contributed by atoms with E-state index in [1.54, 1.807) is 49.4 Å². The summed E-state index contributed by atoms with van der Waals surface area (Å²) in [6.07, 6.45) is -0.415. The summed E-state index contributed by atoms with van der Waals surface area (Å²) < 4.78 is 21.2. The lowest BCUT2D eigenvalue weighted by Crippen LogP contribution is -2.33. The molecule has 0 aliphatic heterocycles. The van der Waals surface area contributed by atoms with Gasteiger partial charge < -0.3 is 18.9 Å². The molecule has 2 atom stereocenters. The van der Waals surface area contributed by atoms with Crippen LogP contribution in [-0.4, -0.2) is 40.7 Å². The first-order valence-electron chi connectivity index (χ1n) is 9.59. The van der Waals surface area contributed by atoms with Gasteiger partial charge in [-0.05, 0) is 63.2 Å². The summed E-state index contributed by atoms with van der Waals surface area (Å²) in [5.74, 6) is -0.00815. The number of halogens is 1. The summed E-state index contributed by atoms with van der Waals surface area (Å²) >= 11 is 5.95. The number of carbonyl (C=O) groups excluding carboxylic acids is 2. The minimum absolute atomic E-state index is 0.209. The first-order valence-corrected chi connectivity index (χ1v) is 9.97. The van der Waals surface area contributed by atoms with E-state index in [0.717, 1.165) is 0 Å². The Balaban J connectivity index is 1.58. The van der Waals surface area contributed by atoms with Gasteiger partial charge in [-0.3, -0.25) is 0 Å². The van der Waals surface area contributed by atoms with Gasteiger partial charge in [-0.1, -0.05) is 11.6 Å². The Morgan fingerprint density at radius 2 is 1.68 bits per heavy atom. The topological polar surface area (TPSA) is 96.8 Å². The van der Waals surface area contributed by atoms with Gasteiger partial charge >= 0.3 is 11.9 Å². The van der Waals surface area contributed by atoms with E-state index in [1.807, 2.05) is 0 Å². The maximum atomic E-state index is 12.1. The molecule has 31 heavy (non-hydrogen) atoms. The minimum atomic E-state index is -1.01. The van der Waals surface area contributed by atoms with Crippen LogP contribution in [0.1, 0.15) is 20.8 Å². The molecule has 9 heteroatoms. The number of hydrogen-bond acceptors (Lipinski definition) is 8. The molecule has 0 saturated carbocycles. The highest BCUT2D eigenvalue weighted by Crippen LogP contribution is 2.25. The molecule has 0 radical (unpaired) electrons. The molecule has 3 aromatic rings. The van der Waals surface area contributed by atoms with Crippen molar-refractivity contribution in [2.24, 2.45) is 0 Å². The average molecular weight is 445 g/mol. The van der Waals surface area contributed by atoms with Gasteiger partial charge in [-0.15, -0.1) is 0 Å². The number of esters is 2. The molecule has 162 valence electrons. The average Bonchev–Trinajstić information content (AvgIpc) is 2.75. The maximum Gasteiger partial charge on any atom is 0.347 e. The highest BCUT2D eigenvalue weighted by Gasteiger charge is 2.24. The van der Waals surface area contributed by atoms with Crippen molar-refractivity contribution in [3.05, 3.63) is 53.7 Å². The van der Waals surface area contributed by atoms with Gasteiger partial charge in [0.15, 0.2) is 12.2 Å². The fourth-order valence-electron chi connectivity index (χ4n) is 2.55. The van der Waals surface area contributed by atoms with Crippen LogP contribution >= 0.6 is 11.6 Å². The third-order valence-electron chi connectivity index (χ3n) is 4.08. The number of benzene rings is 2. The molecule has 2 unspecified atom stereocenters. The number of carbonyl (C=O) groups is 2. The Labute approximate surface area is 184 Å². The minimum Gasteiger partial charge on any atom is -0.479 e. The second-order valence-corrected chi connectivity index (χ2v) is 6.94. The Hall–Kier alpha value is -3.39. The lowest BCUT2D eigenvalue weighted by molar-refractivity contribution is -0.170. The second kappa shape index (κ2) is 10.1. The van der Waals surface area contributed by atoms with Crippen molar-refractivity contribution in [2.45, 2.75) is 33.0 Å². The number of ether oxygens (including phenoxy) is 4. The molecule has 0 N–H and O–H groups in total. The molecule has 0 aliphatic rings. The molecule has 2 aromatic carbocycles. The first kappa shape index (κ1) is 22.3. The zero-order valence-electron chi connectivity index (χ0n) is 17.2. The van der Waals surface area contributed by atoms with Crippen molar-refractivity contribution in [2.75, 3.05) is 6.61 Å². The van der Waals surface area contributed by atoms with Crippen LogP contribution in [-0.2, 0) is 19.1 Å². The molecule has 8 nitrogen and oxygen atoms in total. The summed E-state index contributed by atoms with van der Waals surface area (Å²) in [5, 5.41) is 0.583. The zero-order valence-corrected chi connectivity index (χ0v) is 18.0. The molecule has 0 spiro atoms. The summed E-state index contributed by atoms with van der Waals surface area (Å²) in [4.78, 5) is 32.3. The monoisotopic (exact) mass is 444 g/mol. The van der Waals surface area contributed by atoms with E-state index >= 15 is 0 Å². The third-order valence-corrected chi connectivity index (χ3v) is 4.32. The van der Waals surface area contributed by atoms with Gasteiger partial charge in [0.1, 0.15) is 11.5 Å². The van der Waals surface area contributed by atoms with Crippen LogP contribution in [0.2, 0.25) is 5.02 Å². The van der Waals surface area contributed by atoms with Crippen molar-refractivity contribution >= 4 is 34.6 Å². The van der Waals surface area contributed by atoms with Crippen LogP contribution in [0.15, 0.2) is 48.7 Å². The molecule has 0 aliphatic carbocycles. The van der Waals surface area contributed by atoms with Crippen molar-refractivity contribution in [3.8, 4) is 17.4 Å². The highest BCUT2D eigenvalue weighted by molar-refractivity contribution is 6.31. The Morgan fingerprint density at radius 1 is 0.968 bits per heavy atom. The fraction of sp³-hybridized carbons (Fsp3) is 0.273. The van der Waals surface area contributed by atoms with E-state index in [2.05, 4.69) is 9.97 Å². The second-order valence-electron chi connectivity index (χ2n) is 6.51. The van der Waals surface area contributed by atoms with E-state index in [4.69, 9.17) is 30.5 Å². The molecule has 1 aromatic heterocycles. The Morgan fingerprint density at radius 3 is 2.39 bits per heavy atom. The normalized spacial score (nSPS) is 12.6. The van der Waals surface area contributed by atoms with Gasteiger partial charge in [-0.2, -0.15) is 0 Å². The lowest BCUT2D eigenvalue weighted by Gasteiger charge is -2.17. The van der Waals surface area contributed by atoms with Crippen LogP contribution in [0.5, 0.6) is 17.4 Å². The number of rotatable bonds is 8. The standard InChI is InChI=1S/C22H21ClN2O6/c1-4-28-21(26)13(2)30-22(27)14(3)29-16-6-8-17(9-7-16)31-20-12-24-19-11-15(23)5-10-18(19)25-20/h5-14H,4H2,1-3H3. The molecule has 1 heterocycles. The number of nitrogens with zero attached hydrogens (tertiary/aromatic N) is 2. The SMILES string of the molecule is CCOC(=O)C(C)OC(=O)C(C)Oc1ccc(Oc2cnc3cc(Cl)ccc3n2)cc1. The van der Waals surface area contributed by atoms with Crippen LogP contribution in [0.25, 0.3) is 11.0 Å². The summed E-state index contributed by atoms with van der Waals surface area (Å²) in [6, 6.07) is 11.8. The number of hydrogen-bond donors (Lipinski definition) is 0. The van der Waals surface area contributed by atoms with Crippen LogP contribution in [0, 0.1) is 0 Å². The zero-order chi connectivity index (χ0) is 22.4. The van der Waals surface area contributed by atoms with Crippen LogP contribution in [0.3, 0.4) is 0 Å². The predicted octanol–water partition coefficient (Wildman–Crippen LogP) is 4.34. The predicted molar refractivity (Wildman–Crippen MR) is 113 cm³/mol. The van der Waals surface area contributed by atoms with Gasteiger partial charge in [-0.25, -0.2) is 19.6 Å². The molecule has 3 rings (SSSR count). The number of aromatic nitrogens is 2. The number of fused-ring (bicyclic) bond motifs is 1. The van der Waals surface area contributed by atoms with Gasteiger partial charge in [0, 0.05) is 5.02 Å². The van der Waals surface area contributed by atoms with E-state index in [1.165, 1.54) is 20.0 Å². The fourth-order valence-corrected chi connectivity index (χ4v) is 2.72. The van der Waals surface area contributed by atoms with Crippen LogP contribution < -0.4 is 9.47 Å². The summed E-state index contributed by atoms with van der Waals surface area (Å²) in [6.45, 7) is 4.86. The molecule has 0 bridgehead atoms. The maximum absolute atomic E-state index is 12.1. The van der Waals surface area contributed by atoms with Crippen molar-refractivity contribution < 1.29 is 28.5 Å². The Bertz CT molecular complexity index is 1070. The molecular weight excluding hydrogens is 424 g/mol. The van der Waals surface area contributed by atoms with Crippen molar-refractivity contribution in [3.63, 3.8) is 0 Å². The van der Waals surface area contributed by atoms with Gasteiger partial charge in [0.25, 0.3) is 0 Å². The first-order chi connectivity index (χ1) is 14.9. The summed E-state index contributed by atoms with van der Waals surface area (Å²) in [5.41, 5.74) is 1.33. The van der Waals surface area contributed by atoms with Gasteiger partial charge in [0.2, 0.25) is 5.88 Å². The molecule has 0 saturated heterocycles. The van der Waals surface area contributed by atoms with Gasteiger partial charge in [0.05, 0.1) is 23.8 Å². The molecule has 0 amide bonds. The summed E-state index contributed by atoms with van der Waals surface area (Å²) in [7, 11) is 0. The van der Waals surface area contributed by atoms with E-state index in [-0.39, 0.29) is 6.61 Å².